The third-order valence-electron chi connectivity index (χ3n) is 7.23. The summed E-state index contributed by atoms with van der Waals surface area (Å²) >= 11 is 0. The summed E-state index contributed by atoms with van der Waals surface area (Å²) in [7, 11) is 0. The minimum absolute atomic E-state index is 0.0653. The maximum atomic E-state index is 13.9. The Morgan fingerprint density at radius 3 is 2.44 bits per heavy atom. The highest BCUT2D eigenvalue weighted by Crippen LogP contribution is 2.37. The van der Waals surface area contributed by atoms with Crippen LogP contribution in [0, 0.1) is 6.92 Å². The monoisotopic (exact) mass is 429 g/mol. The van der Waals surface area contributed by atoms with Gasteiger partial charge in [-0.2, -0.15) is 0 Å². The van der Waals surface area contributed by atoms with Crippen molar-refractivity contribution in [1.82, 2.24) is 9.88 Å². The number of nitrogens with zero attached hydrogens (tertiary/aromatic N) is 2. The normalized spacial score (nSPS) is 21.9. The molecule has 1 fully saturated rings. The summed E-state index contributed by atoms with van der Waals surface area (Å²) in [6, 6.07) is 18.0. The van der Waals surface area contributed by atoms with Crippen LogP contribution in [-0.2, 0) is 11.3 Å². The fraction of sp³-hybridized carbons (Fsp3) is 0.407. The summed E-state index contributed by atoms with van der Waals surface area (Å²) in [6.45, 7) is 4.34. The summed E-state index contributed by atoms with van der Waals surface area (Å²) in [4.78, 5) is 29.6. The Balaban J connectivity index is 1.61. The van der Waals surface area contributed by atoms with Crippen LogP contribution in [0.15, 0.2) is 54.6 Å². The fourth-order valence-electron chi connectivity index (χ4n) is 5.40. The molecule has 1 aliphatic carbocycles. The van der Waals surface area contributed by atoms with E-state index in [-0.39, 0.29) is 17.9 Å². The molecular weight excluding hydrogens is 398 g/mol. The van der Waals surface area contributed by atoms with Crippen LogP contribution in [0.2, 0.25) is 0 Å². The van der Waals surface area contributed by atoms with Gasteiger partial charge < -0.3 is 9.88 Å². The van der Waals surface area contributed by atoms with Crippen molar-refractivity contribution in [2.24, 2.45) is 0 Å². The lowest BCUT2D eigenvalue weighted by molar-refractivity contribution is -0.127. The molecule has 1 saturated carbocycles. The Morgan fingerprint density at radius 1 is 1.00 bits per heavy atom. The van der Waals surface area contributed by atoms with Crippen molar-refractivity contribution >= 4 is 28.4 Å². The van der Waals surface area contributed by atoms with Crippen LogP contribution in [0.1, 0.15) is 61.5 Å². The molecule has 2 aromatic carbocycles. The zero-order chi connectivity index (χ0) is 22.3. The van der Waals surface area contributed by atoms with Crippen molar-refractivity contribution in [2.45, 2.75) is 70.5 Å². The largest absolute Gasteiger partial charge is 0.351 e. The smallest absolute Gasteiger partial charge is 0.275 e. The van der Waals surface area contributed by atoms with Gasteiger partial charge in [-0.3, -0.25) is 14.5 Å². The molecule has 0 radical (unpaired) electrons. The van der Waals surface area contributed by atoms with Crippen molar-refractivity contribution < 1.29 is 9.59 Å². The molecule has 5 heteroatoms. The Labute approximate surface area is 189 Å². The Hall–Kier alpha value is -3.08. The summed E-state index contributed by atoms with van der Waals surface area (Å²) in [5.41, 5.74) is 2.39. The number of benzene rings is 2. The van der Waals surface area contributed by atoms with Crippen molar-refractivity contribution in [3.8, 4) is 0 Å². The topological polar surface area (TPSA) is 54.3 Å². The molecule has 0 bridgehead atoms. The number of rotatable bonds is 3. The van der Waals surface area contributed by atoms with E-state index in [9.17, 15) is 9.59 Å². The zero-order valence-electron chi connectivity index (χ0n) is 18.9. The van der Waals surface area contributed by atoms with Gasteiger partial charge in [-0.05, 0) is 50.5 Å². The van der Waals surface area contributed by atoms with E-state index >= 15 is 0 Å². The summed E-state index contributed by atoms with van der Waals surface area (Å²) in [5.74, 6) is -0.190. The third kappa shape index (κ3) is 3.40. The number of aryl methyl sites for hydroxylation is 1. The number of nitrogens with one attached hydrogen (secondary N) is 1. The first-order chi connectivity index (χ1) is 15.5. The van der Waals surface area contributed by atoms with Gasteiger partial charge in [0.1, 0.15) is 11.2 Å². The lowest BCUT2D eigenvalue weighted by Gasteiger charge is -2.45. The second-order valence-corrected chi connectivity index (χ2v) is 9.54. The maximum Gasteiger partial charge on any atom is 0.275 e. The molecule has 166 valence electrons. The standard InChI is InChI=1S/C27H31N3O2/c1-19-11-7-9-15-22(19)30-25(31)24-17-20-12-8-10-16-23(20)29(24)18-27(30,2)26(32)28-21-13-5-3-4-6-14-21/h7-12,15-17,21H,3-6,13-14,18H2,1-2H3,(H,28,32). The number of amides is 2. The van der Waals surface area contributed by atoms with Gasteiger partial charge >= 0.3 is 0 Å². The van der Waals surface area contributed by atoms with Crippen LogP contribution < -0.4 is 10.2 Å². The van der Waals surface area contributed by atoms with Crippen molar-refractivity contribution in [1.29, 1.82) is 0 Å². The predicted octanol–water partition coefficient (Wildman–Crippen LogP) is 5.21. The minimum atomic E-state index is -1.02. The molecule has 2 heterocycles. The van der Waals surface area contributed by atoms with Crippen molar-refractivity contribution in [2.75, 3.05) is 4.90 Å². The van der Waals surface area contributed by atoms with Crippen LogP contribution in [0.5, 0.6) is 0 Å². The molecule has 5 nitrogen and oxygen atoms in total. The Kier molecular flexibility index (Phi) is 5.28. The first-order valence-electron chi connectivity index (χ1n) is 11.8. The molecule has 32 heavy (non-hydrogen) atoms. The predicted molar refractivity (Wildman–Crippen MR) is 128 cm³/mol. The molecule has 0 saturated heterocycles. The Bertz CT molecular complexity index is 1170. The number of hydrogen-bond donors (Lipinski definition) is 1. The van der Waals surface area contributed by atoms with Gasteiger partial charge in [-0.1, -0.05) is 62.1 Å². The first kappa shape index (κ1) is 20.8. The number of hydrogen-bond acceptors (Lipinski definition) is 2. The molecule has 1 unspecified atom stereocenters. The van der Waals surface area contributed by atoms with Gasteiger partial charge in [0, 0.05) is 22.6 Å². The molecule has 1 aliphatic heterocycles. The lowest BCUT2D eigenvalue weighted by atomic mass is 9.92. The van der Waals surface area contributed by atoms with E-state index in [0.717, 1.165) is 47.8 Å². The third-order valence-corrected chi connectivity index (χ3v) is 7.23. The molecule has 0 spiro atoms. The Morgan fingerprint density at radius 2 is 1.69 bits per heavy atom. The van der Waals surface area contributed by atoms with Gasteiger partial charge in [0.15, 0.2) is 0 Å². The number of anilines is 1. The van der Waals surface area contributed by atoms with E-state index in [1.165, 1.54) is 12.8 Å². The van der Waals surface area contributed by atoms with Gasteiger partial charge in [-0.15, -0.1) is 0 Å². The molecule has 3 aromatic rings. The maximum absolute atomic E-state index is 13.9. The van der Waals surface area contributed by atoms with Crippen molar-refractivity contribution in [3.05, 3.63) is 65.9 Å². The average molecular weight is 430 g/mol. The van der Waals surface area contributed by atoms with E-state index in [1.54, 1.807) is 4.90 Å². The SMILES string of the molecule is Cc1ccccc1N1C(=O)c2cc3ccccc3n2CC1(C)C(=O)NC1CCCCCC1. The molecule has 2 amide bonds. The first-order valence-corrected chi connectivity index (χ1v) is 11.8. The number of para-hydroxylation sites is 2. The average Bonchev–Trinajstić information content (AvgIpc) is 2.96. The number of carbonyl (C=O) groups is 2. The molecular formula is C27H31N3O2. The number of aromatic nitrogens is 1. The summed E-state index contributed by atoms with van der Waals surface area (Å²) in [6.07, 6.45) is 6.78. The second kappa shape index (κ2) is 8.12. The number of fused-ring (bicyclic) bond motifs is 3. The lowest BCUT2D eigenvalue weighted by Crippen LogP contribution is -2.65. The highest BCUT2D eigenvalue weighted by Gasteiger charge is 2.49. The molecule has 1 atom stereocenters. The molecule has 1 aromatic heterocycles. The number of carbonyl (C=O) groups excluding carboxylic acids is 2. The second-order valence-electron chi connectivity index (χ2n) is 9.54. The summed E-state index contributed by atoms with van der Waals surface area (Å²) in [5, 5.41) is 4.36. The molecule has 2 aliphatic rings. The van der Waals surface area contributed by atoms with Gasteiger partial charge in [0.25, 0.3) is 5.91 Å². The zero-order valence-corrected chi connectivity index (χ0v) is 18.9. The quantitative estimate of drug-likeness (QED) is 0.581. The molecule has 1 N–H and O–H groups in total. The van der Waals surface area contributed by atoms with Crippen LogP contribution in [0.3, 0.4) is 0 Å². The summed E-state index contributed by atoms with van der Waals surface area (Å²) < 4.78 is 2.03. The van der Waals surface area contributed by atoms with E-state index in [2.05, 4.69) is 5.32 Å². The van der Waals surface area contributed by atoms with Gasteiger partial charge in [0.05, 0.1) is 6.54 Å². The van der Waals surface area contributed by atoms with E-state index in [1.807, 2.05) is 73.0 Å². The van der Waals surface area contributed by atoms with Crippen molar-refractivity contribution in [3.63, 3.8) is 0 Å². The highest BCUT2D eigenvalue weighted by atomic mass is 16.2. The molecule has 5 rings (SSSR count). The fourth-order valence-corrected chi connectivity index (χ4v) is 5.40. The highest BCUT2D eigenvalue weighted by molar-refractivity contribution is 6.14. The van der Waals surface area contributed by atoms with E-state index in [4.69, 9.17) is 0 Å². The van der Waals surface area contributed by atoms with E-state index in [0.29, 0.717) is 12.2 Å². The minimum Gasteiger partial charge on any atom is -0.351 e. The van der Waals surface area contributed by atoms with Crippen LogP contribution in [0.4, 0.5) is 5.69 Å². The van der Waals surface area contributed by atoms with Crippen LogP contribution >= 0.6 is 0 Å². The van der Waals surface area contributed by atoms with Crippen LogP contribution in [-0.4, -0.2) is 28.0 Å². The van der Waals surface area contributed by atoms with E-state index < -0.39 is 5.54 Å². The van der Waals surface area contributed by atoms with Crippen LogP contribution in [0.25, 0.3) is 10.9 Å². The van der Waals surface area contributed by atoms with Gasteiger partial charge in [-0.25, -0.2) is 0 Å². The van der Waals surface area contributed by atoms with Gasteiger partial charge in [0.2, 0.25) is 5.91 Å².